The average molecular weight is 528 g/mol. The number of nitrogens with one attached hydrogen (secondary N) is 2. The quantitative estimate of drug-likeness (QED) is 0.288. The minimum atomic E-state index is 0. The monoisotopic (exact) mass is 528 g/mol. The number of carbonyl (C=O) groups is 1. The second-order valence-electron chi connectivity index (χ2n) is 8.31. The molecule has 0 radical (unpaired) electrons. The Kier molecular flexibility index (Phi) is 10.4. The Bertz CT molecular complexity index is 687. The molecule has 0 unspecified atom stereocenters. The number of anilines is 1. The van der Waals surface area contributed by atoms with Crippen LogP contribution >= 0.6 is 24.0 Å². The zero-order valence-electron chi connectivity index (χ0n) is 18.4. The molecule has 1 aromatic carbocycles. The largest absolute Gasteiger partial charge is 0.385 e. The van der Waals surface area contributed by atoms with E-state index < -0.39 is 0 Å². The average Bonchev–Trinajstić information content (AvgIpc) is 3.38. The van der Waals surface area contributed by atoms with Gasteiger partial charge in [0.25, 0.3) is 0 Å². The molecule has 1 saturated heterocycles. The second-order valence-corrected chi connectivity index (χ2v) is 8.31. The number of methoxy groups -OCH3 is 1. The lowest BCUT2D eigenvalue weighted by molar-refractivity contribution is -0.117. The molecule has 1 aliphatic heterocycles. The van der Waals surface area contributed by atoms with Gasteiger partial charge in [-0.25, -0.2) is 4.99 Å². The van der Waals surface area contributed by atoms with E-state index in [-0.39, 0.29) is 29.9 Å². The van der Waals surface area contributed by atoms with Crippen molar-refractivity contribution < 1.29 is 9.53 Å². The number of benzene rings is 1. The summed E-state index contributed by atoms with van der Waals surface area (Å²) in [6.45, 7) is 6.14. The Morgan fingerprint density at radius 3 is 2.50 bits per heavy atom. The highest BCUT2D eigenvalue weighted by Gasteiger charge is 2.33. The van der Waals surface area contributed by atoms with Crippen LogP contribution in [0.1, 0.15) is 57.4 Å². The maximum atomic E-state index is 11.9. The minimum absolute atomic E-state index is 0. The Labute approximate surface area is 198 Å². The van der Waals surface area contributed by atoms with E-state index in [2.05, 4.69) is 29.7 Å². The normalized spacial score (nSPS) is 18.4. The van der Waals surface area contributed by atoms with Crippen LogP contribution < -0.4 is 15.5 Å². The molecule has 3 rings (SSSR count). The van der Waals surface area contributed by atoms with Crippen molar-refractivity contribution in [3.63, 3.8) is 0 Å². The third-order valence-corrected chi connectivity index (χ3v) is 6.22. The van der Waals surface area contributed by atoms with Gasteiger partial charge in [0.1, 0.15) is 0 Å². The first-order chi connectivity index (χ1) is 14.2. The molecule has 1 heterocycles. The summed E-state index contributed by atoms with van der Waals surface area (Å²) in [6, 6.07) is 8.22. The Hall–Kier alpha value is -1.35. The standard InChI is InChI=1S/C23H36N4O2.HI/c1-3-24-22(26-18-23(14-16-29-2)12-4-5-13-23)25-17-19-8-10-20(11-9-19)27-15-6-7-21(27)28;/h8-11H,3-7,12-18H2,1-2H3,(H2,24,25,26);1H. The van der Waals surface area contributed by atoms with Crippen molar-refractivity contribution in [2.75, 3.05) is 38.3 Å². The van der Waals surface area contributed by atoms with Gasteiger partial charge in [0.15, 0.2) is 5.96 Å². The van der Waals surface area contributed by atoms with Crippen molar-refractivity contribution in [3.8, 4) is 0 Å². The van der Waals surface area contributed by atoms with Crippen molar-refractivity contribution in [2.24, 2.45) is 10.4 Å². The van der Waals surface area contributed by atoms with Gasteiger partial charge in [-0.2, -0.15) is 0 Å². The number of ether oxygens (including phenoxy) is 1. The van der Waals surface area contributed by atoms with Crippen molar-refractivity contribution in [1.29, 1.82) is 0 Å². The molecule has 1 amide bonds. The van der Waals surface area contributed by atoms with Crippen molar-refractivity contribution in [2.45, 2.75) is 58.4 Å². The molecule has 0 aromatic heterocycles. The van der Waals surface area contributed by atoms with E-state index in [1.165, 1.54) is 25.7 Å². The van der Waals surface area contributed by atoms with E-state index in [1.54, 1.807) is 7.11 Å². The molecular weight excluding hydrogens is 491 g/mol. The first kappa shape index (κ1) is 24.9. The fraction of sp³-hybridized carbons (Fsp3) is 0.652. The molecule has 168 valence electrons. The molecule has 0 spiro atoms. The van der Waals surface area contributed by atoms with Crippen LogP contribution in [0.5, 0.6) is 0 Å². The highest BCUT2D eigenvalue weighted by Crippen LogP contribution is 2.40. The maximum Gasteiger partial charge on any atom is 0.227 e. The number of halogens is 1. The lowest BCUT2D eigenvalue weighted by Gasteiger charge is -2.30. The van der Waals surface area contributed by atoms with Crippen LogP contribution in [0.3, 0.4) is 0 Å². The van der Waals surface area contributed by atoms with E-state index in [0.29, 0.717) is 18.4 Å². The number of carbonyl (C=O) groups excluding carboxylic acids is 1. The maximum absolute atomic E-state index is 11.9. The Morgan fingerprint density at radius 1 is 1.17 bits per heavy atom. The van der Waals surface area contributed by atoms with E-state index in [9.17, 15) is 4.79 Å². The minimum Gasteiger partial charge on any atom is -0.385 e. The van der Waals surface area contributed by atoms with E-state index in [4.69, 9.17) is 9.73 Å². The number of rotatable bonds is 9. The second kappa shape index (κ2) is 12.5. The zero-order chi connectivity index (χ0) is 20.5. The Morgan fingerprint density at radius 2 is 1.90 bits per heavy atom. The molecule has 2 aliphatic rings. The van der Waals surface area contributed by atoms with Gasteiger partial charge in [0.2, 0.25) is 5.91 Å². The first-order valence-electron chi connectivity index (χ1n) is 11.1. The third kappa shape index (κ3) is 6.83. The first-order valence-corrected chi connectivity index (χ1v) is 11.1. The summed E-state index contributed by atoms with van der Waals surface area (Å²) in [4.78, 5) is 18.6. The summed E-state index contributed by atoms with van der Waals surface area (Å²) in [5.41, 5.74) is 2.47. The smallest absolute Gasteiger partial charge is 0.227 e. The molecule has 6 nitrogen and oxygen atoms in total. The van der Waals surface area contributed by atoms with Gasteiger partial charge in [0, 0.05) is 45.5 Å². The molecular formula is C23H37IN4O2. The lowest BCUT2D eigenvalue weighted by Crippen LogP contribution is -2.43. The summed E-state index contributed by atoms with van der Waals surface area (Å²) in [5, 5.41) is 6.94. The number of hydrogen-bond donors (Lipinski definition) is 2. The molecule has 0 bridgehead atoms. The summed E-state index contributed by atoms with van der Waals surface area (Å²) in [5.74, 6) is 1.10. The van der Waals surface area contributed by atoms with Crippen LogP contribution in [0.4, 0.5) is 5.69 Å². The van der Waals surface area contributed by atoms with Crippen LogP contribution in [0, 0.1) is 5.41 Å². The van der Waals surface area contributed by atoms with Crippen molar-refractivity contribution >= 4 is 41.5 Å². The molecule has 1 saturated carbocycles. The predicted molar refractivity (Wildman–Crippen MR) is 134 cm³/mol. The third-order valence-electron chi connectivity index (χ3n) is 6.22. The molecule has 2 N–H and O–H groups in total. The molecule has 2 fully saturated rings. The fourth-order valence-corrected chi connectivity index (χ4v) is 4.44. The van der Waals surface area contributed by atoms with Gasteiger partial charge in [-0.15, -0.1) is 24.0 Å². The summed E-state index contributed by atoms with van der Waals surface area (Å²) < 4.78 is 5.34. The topological polar surface area (TPSA) is 66.0 Å². The van der Waals surface area contributed by atoms with Crippen molar-refractivity contribution in [1.82, 2.24) is 10.6 Å². The van der Waals surface area contributed by atoms with E-state index in [0.717, 1.165) is 56.3 Å². The van der Waals surface area contributed by atoms with Gasteiger partial charge in [0.05, 0.1) is 6.54 Å². The van der Waals surface area contributed by atoms with Crippen LogP contribution in [0.15, 0.2) is 29.3 Å². The van der Waals surface area contributed by atoms with Crippen LogP contribution in [0.25, 0.3) is 0 Å². The number of hydrogen-bond acceptors (Lipinski definition) is 3. The summed E-state index contributed by atoms with van der Waals surface area (Å²) >= 11 is 0. The Balaban J connectivity index is 0.00000320. The summed E-state index contributed by atoms with van der Waals surface area (Å²) in [6.07, 6.45) is 7.87. The lowest BCUT2D eigenvalue weighted by atomic mass is 9.83. The van der Waals surface area contributed by atoms with Crippen molar-refractivity contribution in [3.05, 3.63) is 29.8 Å². The van der Waals surface area contributed by atoms with E-state index >= 15 is 0 Å². The highest BCUT2D eigenvalue weighted by molar-refractivity contribution is 14.0. The van der Waals surface area contributed by atoms with E-state index in [1.807, 2.05) is 17.0 Å². The molecule has 7 heteroatoms. The van der Waals surface area contributed by atoms with Crippen LogP contribution in [-0.2, 0) is 16.1 Å². The fourth-order valence-electron chi connectivity index (χ4n) is 4.44. The van der Waals surface area contributed by atoms with Crippen LogP contribution in [0.2, 0.25) is 0 Å². The van der Waals surface area contributed by atoms with Gasteiger partial charge in [-0.1, -0.05) is 25.0 Å². The number of guanidine groups is 1. The SMILES string of the molecule is CCNC(=NCc1ccc(N2CCCC2=O)cc1)NCC1(CCOC)CCCC1.I. The van der Waals surface area contributed by atoms with Gasteiger partial charge in [-0.3, -0.25) is 4.79 Å². The van der Waals surface area contributed by atoms with Crippen LogP contribution in [-0.4, -0.2) is 45.2 Å². The zero-order valence-corrected chi connectivity index (χ0v) is 20.7. The van der Waals surface area contributed by atoms with Gasteiger partial charge >= 0.3 is 0 Å². The molecule has 0 atom stereocenters. The number of aliphatic imine (C=N–C) groups is 1. The predicted octanol–water partition coefficient (Wildman–Crippen LogP) is 4.08. The molecule has 30 heavy (non-hydrogen) atoms. The molecule has 1 aromatic rings. The van der Waals surface area contributed by atoms with Gasteiger partial charge < -0.3 is 20.3 Å². The van der Waals surface area contributed by atoms with Gasteiger partial charge in [-0.05, 0) is 55.7 Å². The number of amides is 1. The summed E-state index contributed by atoms with van der Waals surface area (Å²) in [7, 11) is 1.78. The molecule has 1 aliphatic carbocycles. The number of nitrogens with zero attached hydrogens (tertiary/aromatic N) is 2. The highest BCUT2D eigenvalue weighted by atomic mass is 127.